The molecule has 2 unspecified atom stereocenters. The van der Waals surface area contributed by atoms with Gasteiger partial charge in [-0.25, -0.2) is 9.97 Å². The van der Waals surface area contributed by atoms with Crippen LogP contribution in [0.15, 0.2) is 12.4 Å². The van der Waals surface area contributed by atoms with E-state index in [4.69, 9.17) is 4.74 Å². The Bertz CT molecular complexity index is 329. The van der Waals surface area contributed by atoms with Gasteiger partial charge < -0.3 is 9.84 Å². The molecule has 1 aromatic heterocycles. The fraction of sp³-hybridized carbons (Fsp3) is 0.667. The number of aliphatic hydroxyl groups excluding tert-OH is 1. The summed E-state index contributed by atoms with van der Waals surface area (Å²) >= 11 is 0. The Morgan fingerprint density at radius 3 is 2.56 bits per heavy atom. The van der Waals surface area contributed by atoms with Gasteiger partial charge in [-0.1, -0.05) is 13.8 Å². The lowest BCUT2D eigenvalue weighted by atomic mass is 9.99. The minimum absolute atomic E-state index is 0.00233. The summed E-state index contributed by atoms with van der Waals surface area (Å²) in [6.07, 6.45) is 1.91. The van der Waals surface area contributed by atoms with Crippen molar-refractivity contribution in [2.45, 2.75) is 52.2 Å². The average molecular weight is 224 g/mol. The number of aromatic nitrogens is 2. The van der Waals surface area contributed by atoms with Crippen molar-refractivity contribution in [3.8, 4) is 5.88 Å². The largest absolute Gasteiger partial charge is 0.475 e. The molecule has 1 rings (SSSR count). The molecule has 4 nitrogen and oxygen atoms in total. The zero-order chi connectivity index (χ0) is 12.1. The molecule has 2 atom stereocenters. The number of aliphatic hydroxyl groups is 1. The summed E-state index contributed by atoms with van der Waals surface area (Å²) in [6, 6.07) is 1.80. The van der Waals surface area contributed by atoms with Gasteiger partial charge in [-0.15, -0.1) is 0 Å². The first-order chi connectivity index (χ1) is 7.54. The van der Waals surface area contributed by atoms with E-state index < -0.39 is 0 Å². The van der Waals surface area contributed by atoms with E-state index >= 15 is 0 Å². The summed E-state index contributed by atoms with van der Waals surface area (Å²) in [7, 11) is 0. The molecule has 0 aliphatic rings. The second-order valence-electron chi connectivity index (χ2n) is 4.21. The van der Waals surface area contributed by atoms with Crippen LogP contribution in [0.4, 0.5) is 0 Å². The van der Waals surface area contributed by atoms with Crippen LogP contribution in [0.2, 0.25) is 0 Å². The second-order valence-corrected chi connectivity index (χ2v) is 4.21. The van der Waals surface area contributed by atoms with Crippen molar-refractivity contribution < 1.29 is 9.84 Å². The van der Waals surface area contributed by atoms with Crippen LogP contribution in [0.5, 0.6) is 5.88 Å². The topological polar surface area (TPSA) is 55.2 Å². The van der Waals surface area contributed by atoms with E-state index in [0.29, 0.717) is 12.3 Å². The van der Waals surface area contributed by atoms with E-state index in [1.807, 2.05) is 27.7 Å². The van der Waals surface area contributed by atoms with Crippen molar-refractivity contribution in [2.24, 2.45) is 0 Å². The van der Waals surface area contributed by atoms with E-state index in [9.17, 15) is 5.11 Å². The van der Waals surface area contributed by atoms with E-state index in [1.54, 1.807) is 6.07 Å². The molecule has 1 aromatic rings. The van der Waals surface area contributed by atoms with Crippen molar-refractivity contribution in [2.75, 3.05) is 0 Å². The predicted octanol–water partition coefficient (Wildman–Crippen LogP) is 2.14. The molecular weight excluding hydrogens is 204 g/mol. The molecule has 90 valence electrons. The molecule has 16 heavy (non-hydrogen) atoms. The lowest BCUT2D eigenvalue weighted by molar-refractivity contribution is 0.143. The first-order valence-electron chi connectivity index (χ1n) is 5.71. The van der Waals surface area contributed by atoms with Crippen molar-refractivity contribution in [3.63, 3.8) is 0 Å². The van der Waals surface area contributed by atoms with Crippen molar-refractivity contribution >= 4 is 0 Å². The summed E-state index contributed by atoms with van der Waals surface area (Å²) in [4.78, 5) is 8.20. The molecule has 0 saturated carbocycles. The number of ether oxygens (including phenoxy) is 1. The van der Waals surface area contributed by atoms with E-state index in [2.05, 4.69) is 9.97 Å². The fourth-order valence-corrected chi connectivity index (χ4v) is 1.46. The quantitative estimate of drug-likeness (QED) is 0.832. The standard InChI is InChI=1S/C12H20N2O2/c1-5-11(15)9(4)10-6-12(14-7-13-10)16-8(2)3/h6-9,11,15H,5H2,1-4H3. The minimum atomic E-state index is -0.373. The van der Waals surface area contributed by atoms with E-state index in [1.165, 1.54) is 6.33 Å². The molecule has 0 fully saturated rings. The smallest absolute Gasteiger partial charge is 0.216 e. The summed E-state index contributed by atoms with van der Waals surface area (Å²) in [6.45, 7) is 7.81. The van der Waals surface area contributed by atoms with Gasteiger partial charge in [0.05, 0.1) is 17.9 Å². The van der Waals surface area contributed by atoms with Crippen molar-refractivity contribution in [1.29, 1.82) is 0 Å². The first-order valence-corrected chi connectivity index (χ1v) is 5.71. The Balaban J connectivity index is 2.81. The minimum Gasteiger partial charge on any atom is -0.475 e. The molecular formula is C12H20N2O2. The Labute approximate surface area is 96.7 Å². The molecule has 0 radical (unpaired) electrons. The molecule has 1 N–H and O–H groups in total. The van der Waals surface area contributed by atoms with Crippen LogP contribution < -0.4 is 4.74 Å². The van der Waals surface area contributed by atoms with Crippen LogP contribution in [-0.2, 0) is 0 Å². The number of nitrogens with zero attached hydrogens (tertiary/aromatic N) is 2. The molecule has 0 amide bonds. The maximum absolute atomic E-state index is 9.75. The molecule has 0 spiro atoms. The number of hydrogen-bond donors (Lipinski definition) is 1. The fourth-order valence-electron chi connectivity index (χ4n) is 1.46. The Morgan fingerprint density at radius 1 is 1.31 bits per heavy atom. The highest BCUT2D eigenvalue weighted by Gasteiger charge is 2.16. The third kappa shape index (κ3) is 3.45. The predicted molar refractivity (Wildman–Crippen MR) is 62.5 cm³/mol. The van der Waals surface area contributed by atoms with Crippen LogP contribution in [0.3, 0.4) is 0 Å². The maximum atomic E-state index is 9.75. The van der Waals surface area contributed by atoms with Crippen LogP contribution >= 0.6 is 0 Å². The summed E-state index contributed by atoms with van der Waals surface area (Å²) in [5.41, 5.74) is 0.819. The van der Waals surface area contributed by atoms with Gasteiger partial charge in [0.15, 0.2) is 0 Å². The molecule has 0 aliphatic heterocycles. The molecule has 0 bridgehead atoms. The lowest BCUT2D eigenvalue weighted by Crippen LogP contribution is -2.16. The third-order valence-electron chi connectivity index (χ3n) is 2.48. The normalized spacial score (nSPS) is 14.9. The average Bonchev–Trinajstić information content (AvgIpc) is 2.26. The van der Waals surface area contributed by atoms with Crippen LogP contribution in [0.1, 0.15) is 45.7 Å². The highest BCUT2D eigenvalue weighted by molar-refractivity contribution is 5.17. The third-order valence-corrected chi connectivity index (χ3v) is 2.48. The molecule has 1 heterocycles. The van der Waals surface area contributed by atoms with Gasteiger partial charge in [0.2, 0.25) is 5.88 Å². The van der Waals surface area contributed by atoms with Crippen LogP contribution in [0.25, 0.3) is 0 Å². The van der Waals surface area contributed by atoms with Gasteiger partial charge in [0.25, 0.3) is 0 Å². The first kappa shape index (κ1) is 12.9. The van der Waals surface area contributed by atoms with Gasteiger partial charge in [0, 0.05) is 12.0 Å². The Kier molecular flexibility index (Phi) is 4.68. The highest BCUT2D eigenvalue weighted by Crippen LogP contribution is 2.21. The van der Waals surface area contributed by atoms with Gasteiger partial charge in [-0.05, 0) is 20.3 Å². The van der Waals surface area contributed by atoms with Crippen LogP contribution in [-0.4, -0.2) is 27.3 Å². The lowest BCUT2D eigenvalue weighted by Gasteiger charge is -2.17. The zero-order valence-electron chi connectivity index (χ0n) is 10.3. The van der Waals surface area contributed by atoms with E-state index in [0.717, 1.165) is 5.69 Å². The molecule has 0 aliphatic carbocycles. The summed E-state index contributed by atoms with van der Waals surface area (Å²) in [5, 5.41) is 9.75. The zero-order valence-corrected chi connectivity index (χ0v) is 10.3. The summed E-state index contributed by atoms with van der Waals surface area (Å²) in [5.74, 6) is 0.567. The number of rotatable bonds is 5. The van der Waals surface area contributed by atoms with Crippen LogP contribution in [0, 0.1) is 0 Å². The van der Waals surface area contributed by atoms with Crippen molar-refractivity contribution in [3.05, 3.63) is 18.1 Å². The van der Waals surface area contributed by atoms with Crippen molar-refractivity contribution in [1.82, 2.24) is 9.97 Å². The molecule has 0 saturated heterocycles. The molecule has 4 heteroatoms. The van der Waals surface area contributed by atoms with E-state index in [-0.39, 0.29) is 18.1 Å². The van der Waals surface area contributed by atoms with Gasteiger partial charge in [0.1, 0.15) is 6.33 Å². The van der Waals surface area contributed by atoms with Gasteiger partial charge >= 0.3 is 0 Å². The maximum Gasteiger partial charge on any atom is 0.216 e. The SMILES string of the molecule is CCC(O)C(C)c1cc(OC(C)C)ncn1. The highest BCUT2D eigenvalue weighted by atomic mass is 16.5. The Morgan fingerprint density at radius 2 is 2.00 bits per heavy atom. The second kappa shape index (κ2) is 5.80. The van der Waals surface area contributed by atoms with Gasteiger partial charge in [-0.3, -0.25) is 0 Å². The number of hydrogen-bond acceptors (Lipinski definition) is 4. The molecule has 0 aromatic carbocycles. The van der Waals surface area contributed by atoms with Gasteiger partial charge in [-0.2, -0.15) is 0 Å². The monoisotopic (exact) mass is 224 g/mol. The Hall–Kier alpha value is -1.16. The summed E-state index contributed by atoms with van der Waals surface area (Å²) < 4.78 is 5.49.